The van der Waals surface area contributed by atoms with Crippen molar-refractivity contribution in [2.24, 2.45) is 5.11 Å². The van der Waals surface area contributed by atoms with Gasteiger partial charge in [0.2, 0.25) is 5.95 Å². The van der Waals surface area contributed by atoms with Crippen LogP contribution in [0.1, 0.15) is 6.23 Å². The maximum absolute atomic E-state index is 10.3. The molecule has 3 rings (SSSR count). The third-order valence-corrected chi connectivity index (χ3v) is 3.54. The van der Waals surface area contributed by atoms with Crippen molar-refractivity contribution in [1.29, 1.82) is 0 Å². The Morgan fingerprint density at radius 3 is 2.96 bits per heavy atom. The second-order valence-corrected chi connectivity index (χ2v) is 4.90. The normalized spacial score (nSPS) is 27.3. The monoisotopic (exact) mass is 322 g/mol. The van der Waals surface area contributed by atoms with E-state index in [0.717, 1.165) is 0 Å². The molecule has 12 nitrogen and oxygen atoms in total. The highest BCUT2D eigenvalue weighted by Crippen LogP contribution is 2.36. The number of nitrogens with two attached hydrogens (primary N) is 1. The number of fused-ring (bicyclic) bond motifs is 1. The second-order valence-electron chi connectivity index (χ2n) is 4.90. The zero-order valence-corrected chi connectivity index (χ0v) is 12.0. The first kappa shape index (κ1) is 15.4. The predicted molar refractivity (Wildman–Crippen MR) is 76.3 cm³/mol. The molecule has 2 aromatic heterocycles. The minimum atomic E-state index is -1.30. The number of nitrogen functional groups attached to an aromatic ring is 1. The maximum Gasteiger partial charge on any atom is 0.201 e. The Kier molecular flexibility index (Phi) is 3.98. The summed E-state index contributed by atoms with van der Waals surface area (Å²) in [5.74, 6) is -0.0198. The van der Waals surface area contributed by atoms with Crippen molar-refractivity contribution in [3.05, 3.63) is 16.8 Å². The van der Waals surface area contributed by atoms with Gasteiger partial charge in [0.15, 0.2) is 23.2 Å². The lowest BCUT2D eigenvalue weighted by molar-refractivity contribution is -0.0572. The maximum atomic E-state index is 10.3. The third-order valence-electron chi connectivity index (χ3n) is 3.54. The van der Waals surface area contributed by atoms with Gasteiger partial charge in [0.1, 0.15) is 24.6 Å². The van der Waals surface area contributed by atoms with E-state index in [1.165, 1.54) is 18.0 Å². The summed E-state index contributed by atoms with van der Waals surface area (Å²) < 4.78 is 11.8. The highest BCUT2D eigenvalue weighted by atomic mass is 16.6. The van der Waals surface area contributed by atoms with Gasteiger partial charge in [-0.25, -0.2) is 15.0 Å². The number of aliphatic hydroxyl groups excluding tert-OH is 2. The second kappa shape index (κ2) is 5.95. The smallest absolute Gasteiger partial charge is 0.201 e. The lowest BCUT2D eigenvalue weighted by atomic mass is 10.1. The molecule has 0 radical (unpaired) electrons. The van der Waals surface area contributed by atoms with Crippen LogP contribution in [-0.2, 0) is 9.47 Å². The number of hydrogen-bond donors (Lipinski definition) is 3. The standard InChI is InChI=1S/C11H14N8O4/c1-22-2-4-6(20)7(21)10(23-4)19-9-5(8(12)14-3-15-9)16-11(19)17-18-13/h3-4,6-7,10,20-21H,2H2,1H3,(H2,12,14,15). The molecule has 0 aliphatic carbocycles. The molecule has 0 aromatic carbocycles. The van der Waals surface area contributed by atoms with Crippen molar-refractivity contribution in [3.8, 4) is 0 Å². The SMILES string of the molecule is COCC1OC(n2c(N=[N+]=[N-])nc3c(N)ncnc32)C(O)C1O. The molecule has 23 heavy (non-hydrogen) atoms. The first-order valence-corrected chi connectivity index (χ1v) is 6.62. The van der Waals surface area contributed by atoms with E-state index in [9.17, 15) is 10.2 Å². The molecular formula is C11H14N8O4. The zero-order chi connectivity index (χ0) is 16.6. The molecule has 122 valence electrons. The largest absolute Gasteiger partial charge is 0.387 e. The van der Waals surface area contributed by atoms with Gasteiger partial charge >= 0.3 is 0 Å². The Hall–Kier alpha value is -2.50. The Labute approximate surface area is 129 Å². The lowest BCUT2D eigenvalue weighted by Gasteiger charge is -2.17. The Balaban J connectivity index is 2.13. The lowest BCUT2D eigenvalue weighted by Crippen LogP contribution is -2.33. The summed E-state index contributed by atoms with van der Waals surface area (Å²) in [6.07, 6.45) is -3.09. The number of nitrogens with zero attached hydrogens (tertiary/aromatic N) is 7. The number of imidazole rings is 1. The van der Waals surface area contributed by atoms with Gasteiger partial charge in [-0.3, -0.25) is 4.57 Å². The van der Waals surface area contributed by atoms with Crippen molar-refractivity contribution in [1.82, 2.24) is 19.5 Å². The number of hydrogen-bond acceptors (Lipinski definition) is 9. The van der Waals surface area contributed by atoms with Crippen LogP contribution < -0.4 is 5.73 Å². The van der Waals surface area contributed by atoms with Gasteiger partial charge in [0, 0.05) is 12.0 Å². The number of rotatable bonds is 4. The van der Waals surface area contributed by atoms with Crippen molar-refractivity contribution in [2.75, 3.05) is 19.5 Å². The summed E-state index contributed by atoms with van der Waals surface area (Å²) in [7, 11) is 1.45. The van der Waals surface area contributed by atoms with E-state index in [1.54, 1.807) is 0 Å². The van der Waals surface area contributed by atoms with Crippen LogP contribution in [0.3, 0.4) is 0 Å². The van der Waals surface area contributed by atoms with Crippen molar-refractivity contribution >= 4 is 22.9 Å². The van der Waals surface area contributed by atoms with Crippen LogP contribution >= 0.6 is 0 Å². The summed E-state index contributed by atoms with van der Waals surface area (Å²) in [5, 5.41) is 23.8. The van der Waals surface area contributed by atoms with E-state index >= 15 is 0 Å². The molecule has 12 heteroatoms. The first-order valence-electron chi connectivity index (χ1n) is 6.62. The van der Waals surface area contributed by atoms with Crippen LogP contribution in [0.5, 0.6) is 0 Å². The quantitative estimate of drug-likeness (QED) is 0.387. The van der Waals surface area contributed by atoms with Gasteiger partial charge in [-0.15, -0.1) is 0 Å². The Morgan fingerprint density at radius 2 is 2.26 bits per heavy atom. The average molecular weight is 322 g/mol. The fraction of sp³-hybridized carbons (Fsp3) is 0.545. The van der Waals surface area contributed by atoms with E-state index in [1.807, 2.05) is 0 Å². The summed E-state index contributed by atoms with van der Waals surface area (Å²) >= 11 is 0. The van der Waals surface area contributed by atoms with Gasteiger partial charge in [0.25, 0.3) is 0 Å². The predicted octanol–water partition coefficient (Wildman–Crippen LogP) is -0.384. The van der Waals surface area contributed by atoms with Crippen molar-refractivity contribution in [2.45, 2.75) is 24.5 Å². The van der Waals surface area contributed by atoms with Crippen LogP contribution in [0.15, 0.2) is 11.4 Å². The van der Waals surface area contributed by atoms with E-state index in [4.69, 9.17) is 20.7 Å². The molecule has 1 aliphatic rings. The number of aliphatic hydroxyl groups is 2. The first-order chi connectivity index (χ1) is 11.1. The van der Waals surface area contributed by atoms with Gasteiger partial charge in [-0.05, 0) is 10.6 Å². The molecule has 0 bridgehead atoms. The molecular weight excluding hydrogens is 308 g/mol. The van der Waals surface area contributed by atoms with Crippen LogP contribution in [0.2, 0.25) is 0 Å². The van der Waals surface area contributed by atoms with Gasteiger partial charge in [-0.1, -0.05) is 0 Å². The summed E-state index contributed by atoms with van der Waals surface area (Å²) in [6.45, 7) is 0.0787. The molecule has 1 aliphatic heterocycles. The number of anilines is 1. The Bertz CT molecular complexity index is 773. The summed E-state index contributed by atoms with van der Waals surface area (Å²) in [6, 6.07) is 0. The fourth-order valence-electron chi connectivity index (χ4n) is 2.50. The minimum absolute atomic E-state index is 0.0787. The minimum Gasteiger partial charge on any atom is -0.387 e. The highest BCUT2D eigenvalue weighted by Gasteiger charge is 2.45. The Morgan fingerprint density at radius 1 is 1.48 bits per heavy atom. The number of azide groups is 1. The molecule has 1 fully saturated rings. The molecule has 4 atom stereocenters. The van der Waals surface area contributed by atoms with Crippen LogP contribution in [0, 0.1) is 0 Å². The van der Waals surface area contributed by atoms with Gasteiger partial charge < -0.3 is 25.4 Å². The number of methoxy groups -OCH3 is 1. The highest BCUT2D eigenvalue weighted by molar-refractivity contribution is 5.83. The molecule has 3 heterocycles. The zero-order valence-electron chi connectivity index (χ0n) is 12.0. The van der Waals surface area contributed by atoms with Crippen LogP contribution in [-0.4, -0.2) is 61.8 Å². The van der Waals surface area contributed by atoms with Gasteiger partial charge in [0.05, 0.1) is 6.61 Å². The molecule has 2 aromatic rings. The summed E-state index contributed by atoms with van der Waals surface area (Å²) in [4.78, 5) is 14.6. The summed E-state index contributed by atoms with van der Waals surface area (Å²) in [5.41, 5.74) is 14.9. The molecule has 4 unspecified atom stereocenters. The molecule has 0 amide bonds. The third kappa shape index (κ3) is 2.44. The van der Waals surface area contributed by atoms with Crippen molar-refractivity contribution < 1.29 is 19.7 Å². The van der Waals surface area contributed by atoms with Gasteiger partial charge in [-0.2, -0.15) is 0 Å². The average Bonchev–Trinajstić information content (AvgIpc) is 3.02. The van der Waals surface area contributed by atoms with Crippen molar-refractivity contribution in [3.63, 3.8) is 0 Å². The number of aromatic nitrogens is 4. The number of ether oxygens (including phenoxy) is 2. The molecule has 0 spiro atoms. The van der Waals surface area contributed by atoms with E-state index < -0.39 is 24.5 Å². The molecule has 0 saturated carbocycles. The molecule has 1 saturated heterocycles. The fourth-order valence-corrected chi connectivity index (χ4v) is 2.50. The molecule has 4 N–H and O–H groups in total. The topological polar surface area (TPSA) is 177 Å². The van der Waals surface area contributed by atoms with E-state index in [-0.39, 0.29) is 29.5 Å². The van der Waals surface area contributed by atoms with Crippen LogP contribution in [0.4, 0.5) is 11.8 Å². The van der Waals surface area contributed by atoms with E-state index in [2.05, 4.69) is 25.0 Å². The van der Waals surface area contributed by atoms with Crippen LogP contribution in [0.25, 0.3) is 21.6 Å². The van der Waals surface area contributed by atoms with E-state index in [0.29, 0.717) is 0 Å².